The average Bonchev–Trinajstić information content (AvgIpc) is 2.17. The van der Waals surface area contributed by atoms with E-state index in [-0.39, 0.29) is 12.4 Å². The molecule has 0 fully saturated rings. The maximum atomic E-state index is 9.44. The van der Waals surface area contributed by atoms with Crippen molar-refractivity contribution in [3.05, 3.63) is 23.3 Å². The average molecular weight is 197 g/mol. The van der Waals surface area contributed by atoms with Crippen LogP contribution in [0.25, 0.3) is 0 Å². The SMILES string of the molecule is COc1cc(C(N)CO)c(C)cc1O. The van der Waals surface area contributed by atoms with Crippen LogP contribution in [0.5, 0.6) is 11.5 Å². The molecule has 4 heteroatoms. The number of methoxy groups -OCH3 is 1. The summed E-state index contributed by atoms with van der Waals surface area (Å²) < 4.78 is 4.95. The van der Waals surface area contributed by atoms with Crippen molar-refractivity contribution in [3.63, 3.8) is 0 Å². The van der Waals surface area contributed by atoms with E-state index in [1.54, 1.807) is 12.1 Å². The summed E-state index contributed by atoms with van der Waals surface area (Å²) in [5, 5.41) is 18.4. The molecule has 0 radical (unpaired) electrons. The first-order valence-electron chi connectivity index (χ1n) is 4.34. The zero-order valence-corrected chi connectivity index (χ0v) is 8.32. The molecule has 0 saturated carbocycles. The molecule has 1 aromatic carbocycles. The van der Waals surface area contributed by atoms with E-state index in [4.69, 9.17) is 15.6 Å². The smallest absolute Gasteiger partial charge is 0.160 e. The fourth-order valence-electron chi connectivity index (χ4n) is 1.35. The molecule has 4 nitrogen and oxygen atoms in total. The third-order valence-electron chi connectivity index (χ3n) is 2.16. The third kappa shape index (κ3) is 1.97. The van der Waals surface area contributed by atoms with Crippen molar-refractivity contribution in [2.75, 3.05) is 13.7 Å². The van der Waals surface area contributed by atoms with E-state index in [0.29, 0.717) is 5.75 Å². The summed E-state index contributed by atoms with van der Waals surface area (Å²) in [7, 11) is 1.47. The summed E-state index contributed by atoms with van der Waals surface area (Å²) in [5.74, 6) is 0.452. The summed E-state index contributed by atoms with van der Waals surface area (Å²) in [6.45, 7) is 1.69. The first kappa shape index (κ1) is 10.8. The van der Waals surface area contributed by atoms with Gasteiger partial charge in [-0.2, -0.15) is 0 Å². The Bertz CT molecular complexity index is 325. The molecule has 0 heterocycles. The molecule has 1 unspecified atom stereocenters. The van der Waals surface area contributed by atoms with Gasteiger partial charge in [-0.3, -0.25) is 0 Å². The van der Waals surface area contributed by atoms with Crippen LogP contribution in [0.1, 0.15) is 17.2 Å². The summed E-state index contributed by atoms with van der Waals surface area (Å²) in [5.41, 5.74) is 7.30. The van der Waals surface area contributed by atoms with E-state index in [2.05, 4.69) is 0 Å². The summed E-state index contributed by atoms with van der Waals surface area (Å²) in [6, 6.07) is 2.78. The highest BCUT2D eigenvalue weighted by Gasteiger charge is 2.12. The van der Waals surface area contributed by atoms with Gasteiger partial charge in [-0.25, -0.2) is 0 Å². The number of aromatic hydroxyl groups is 1. The molecule has 1 atom stereocenters. The summed E-state index contributed by atoms with van der Waals surface area (Å²) in [6.07, 6.45) is 0. The lowest BCUT2D eigenvalue weighted by Gasteiger charge is -2.14. The Morgan fingerprint density at radius 2 is 2.14 bits per heavy atom. The van der Waals surface area contributed by atoms with Gasteiger partial charge in [-0.05, 0) is 30.2 Å². The van der Waals surface area contributed by atoms with Crippen LogP contribution in [0.15, 0.2) is 12.1 Å². The Hall–Kier alpha value is -1.26. The van der Waals surface area contributed by atoms with Gasteiger partial charge in [0.2, 0.25) is 0 Å². The number of nitrogens with two attached hydrogens (primary N) is 1. The Balaban J connectivity index is 3.17. The Morgan fingerprint density at radius 1 is 1.50 bits per heavy atom. The van der Waals surface area contributed by atoms with Crippen molar-refractivity contribution in [1.29, 1.82) is 0 Å². The molecule has 0 saturated heterocycles. The van der Waals surface area contributed by atoms with Crippen molar-refractivity contribution < 1.29 is 14.9 Å². The number of aryl methyl sites for hydroxylation is 1. The van der Waals surface area contributed by atoms with Crippen molar-refractivity contribution in [1.82, 2.24) is 0 Å². The van der Waals surface area contributed by atoms with Gasteiger partial charge in [0.1, 0.15) is 0 Å². The number of phenols is 1. The molecule has 0 aromatic heterocycles. The third-order valence-corrected chi connectivity index (χ3v) is 2.16. The van der Waals surface area contributed by atoms with E-state index >= 15 is 0 Å². The molecule has 0 spiro atoms. The predicted molar refractivity (Wildman–Crippen MR) is 53.4 cm³/mol. The van der Waals surface area contributed by atoms with Crippen molar-refractivity contribution in [3.8, 4) is 11.5 Å². The van der Waals surface area contributed by atoms with E-state index < -0.39 is 6.04 Å². The minimum Gasteiger partial charge on any atom is -0.504 e. The topological polar surface area (TPSA) is 75.7 Å². The fraction of sp³-hybridized carbons (Fsp3) is 0.400. The minimum absolute atomic E-state index is 0.0823. The number of rotatable bonds is 3. The van der Waals surface area contributed by atoms with Crippen LogP contribution in [0.3, 0.4) is 0 Å². The van der Waals surface area contributed by atoms with Gasteiger partial charge in [0, 0.05) is 0 Å². The highest BCUT2D eigenvalue weighted by molar-refractivity contribution is 5.47. The number of aliphatic hydroxyl groups is 1. The molecule has 0 aliphatic rings. The lowest BCUT2D eigenvalue weighted by atomic mass is 10.0. The van der Waals surface area contributed by atoms with Crippen LogP contribution < -0.4 is 10.5 Å². The molecule has 0 amide bonds. The normalized spacial score (nSPS) is 12.6. The lowest BCUT2D eigenvalue weighted by Crippen LogP contribution is -2.15. The van der Waals surface area contributed by atoms with E-state index in [0.717, 1.165) is 11.1 Å². The van der Waals surface area contributed by atoms with Crippen LogP contribution in [-0.4, -0.2) is 23.9 Å². The van der Waals surface area contributed by atoms with E-state index in [1.165, 1.54) is 7.11 Å². The number of ether oxygens (including phenoxy) is 1. The van der Waals surface area contributed by atoms with Gasteiger partial charge in [0.15, 0.2) is 11.5 Å². The Morgan fingerprint density at radius 3 is 2.64 bits per heavy atom. The van der Waals surface area contributed by atoms with E-state index in [1.807, 2.05) is 6.92 Å². The largest absolute Gasteiger partial charge is 0.504 e. The van der Waals surface area contributed by atoms with Gasteiger partial charge in [-0.1, -0.05) is 0 Å². The van der Waals surface area contributed by atoms with Crippen molar-refractivity contribution in [2.24, 2.45) is 5.73 Å². The monoisotopic (exact) mass is 197 g/mol. The molecule has 0 aliphatic heterocycles. The first-order chi connectivity index (χ1) is 6.60. The second kappa shape index (κ2) is 4.30. The molecular weight excluding hydrogens is 182 g/mol. The van der Waals surface area contributed by atoms with Gasteiger partial charge in [-0.15, -0.1) is 0 Å². The number of hydrogen-bond acceptors (Lipinski definition) is 4. The number of aliphatic hydroxyl groups excluding tert-OH is 1. The van der Waals surface area contributed by atoms with Crippen LogP contribution in [0, 0.1) is 6.92 Å². The maximum absolute atomic E-state index is 9.44. The second-order valence-corrected chi connectivity index (χ2v) is 3.17. The molecule has 0 aliphatic carbocycles. The highest BCUT2D eigenvalue weighted by atomic mass is 16.5. The first-order valence-corrected chi connectivity index (χ1v) is 4.34. The molecule has 0 bridgehead atoms. The fourth-order valence-corrected chi connectivity index (χ4v) is 1.35. The predicted octanol–water partition coefficient (Wildman–Crippen LogP) is 0.701. The number of hydrogen-bond donors (Lipinski definition) is 3. The Labute approximate surface area is 82.9 Å². The molecule has 4 N–H and O–H groups in total. The molecule has 1 aromatic rings. The van der Waals surface area contributed by atoms with Crippen molar-refractivity contribution in [2.45, 2.75) is 13.0 Å². The van der Waals surface area contributed by atoms with E-state index in [9.17, 15) is 5.11 Å². The zero-order chi connectivity index (χ0) is 10.7. The van der Waals surface area contributed by atoms with Gasteiger partial charge >= 0.3 is 0 Å². The summed E-state index contributed by atoms with van der Waals surface area (Å²) >= 11 is 0. The van der Waals surface area contributed by atoms with Crippen LogP contribution in [0.4, 0.5) is 0 Å². The minimum atomic E-state index is -0.440. The maximum Gasteiger partial charge on any atom is 0.160 e. The van der Waals surface area contributed by atoms with Crippen molar-refractivity contribution >= 4 is 0 Å². The highest BCUT2D eigenvalue weighted by Crippen LogP contribution is 2.31. The zero-order valence-electron chi connectivity index (χ0n) is 8.32. The molecule has 14 heavy (non-hydrogen) atoms. The number of phenolic OH excluding ortho intramolecular Hbond substituents is 1. The van der Waals surface area contributed by atoms with Gasteiger partial charge in [0.05, 0.1) is 19.8 Å². The lowest BCUT2D eigenvalue weighted by molar-refractivity contribution is 0.267. The summed E-state index contributed by atoms with van der Waals surface area (Å²) in [4.78, 5) is 0. The number of benzene rings is 1. The Kier molecular flexibility index (Phi) is 3.33. The van der Waals surface area contributed by atoms with Gasteiger partial charge < -0.3 is 20.7 Å². The molecular formula is C10H15NO3. The van der Waals surface area contributed by atoms with Crippen LogP contribution in [-0.2, 0) is 0 Å². The van der Waals surface area contributed by atoms with Crippen LogP contribution in [0.2, 0.25) is 0 Å². The standard InChI is InChI=1S/C10H15NO3/c1-6-3-9(13)10(14-2)4-7(6)8(11)5-12/h3-4,8,12-13H,5,11H2,1-2H3. The quantitative estimate of drug-likeness (QED) is 0.666. The van der Waals surface area contributed by atoms with Gasteiger partial charge in [0.25, 0.3) is 0 Å². The van der Waals surface area contributed by atoms with Crippen LogP contribution >= 0.6 is 0 Å². The second-order valence-electron chi connectivity index (χ2n) is 3.17. The molecule has 1 rings (SSSR count). The molecule has 78 valence electrons.